The van der Waals surface area contributed by atoms with Gasteiger partial charge in [0.1, 0.15) is 11.5 Å². The van der Waals surface area contributed by atoms with Crippen LogP contribution in [0.5, 0.6) is 11.5 Å². The second-order valence-electron chi connectivity index (χ2n) is 13.1. The Balaban J connectivity index is 1.29. The number of rotatable bonds is 10. The van der Waals surface area contributed by atoms with Gasteiger partial charge in [-0.15, -0.1) is 0 Å². The first-order valence-electron chi connectivity index (χ1n) is 16.4. The molecule has 2 amide bonds. The van der Waals surface area contributed by atoms with Crippen LogP contribution in [0, 0.1) is 0 Å². The average molecular weight is 641 g/mol. The molecule has 5 aromatic rings. The first kappa shape index (κ1) is 34.0. The molecule has 6 nitrogen and oxygen atoms in total. The van der Waals surface area contributed by atoms with Gasteiger partial charge < -0.3 is 20.0 Å². The second-order valence-corrected chi connectivity index (χ2v) is 13.1. The number of carbonyl (C=O) groups excluding carboxylic acids is 2. The predicted octanol–water partition coefficient (Wildman–Crippen LogP) is 9.08. The van der Waals surface area contributed by atoms with Crippen molar-refractivity contribution >= 4 is 23.2 Å². The normalized spacial score (nSPS) is 11.6. The van der Waals surface area contributed by atoms with E-state index >= 15 is 0 Å². The molecule has 5 rings (SSSR count). The molecule has 0 saturated carbocycles. The van der Waals surface area contributed by atoms with Crippen molar-refractivity contribution in [2.45, 2.75) is 52.4 Å². The predicted molar refractivity (Wildman–Crippen MR) is 194 cm³/mol. The number of phenolic OH excluding ortho intramolecular Hbond substituents is 2. The molecule has 0 saturated heterocycles. The largest absolute Gasteiger partial charge is 0.508 e. The monoisotopic (exact) mass is 640 g/mol. The molecule has 0 aromatic heterocycles. The third-order valence-corrected chi connectivity index (χ3v) is 9.48. The second kappa shape index (κ2) is 13.8. The molecule has 2 N–H and O–H groups in total. The molecule has 0 spiro atoms. The summed E-state index contributed by atoms with van der Waals surface area (Å²) in [4.78, 5) is 30.7. The van der Waals surface area contributed by atoms with Gasteiger partial charge in [-0.25, -0.2) is 0 Å². The fraction of sp³-hybridized carbons (Fsp3) is 0.238. The van der Waals surface area contributed by atoms with Gasteiger partial charge in [-0.2, -0.15) is 0 Å². The molecule has 0 aliphatic carbocycles. The number of phenols is 2. The van der Waals surface area contributed by atoms with Crippen LogP contribution < -0.4 is 9.80 Å². The highest BCUT2D eigenvalue weighted by Crippen LogP contribution is 2.35. The van der Waals surface area contributed by atoms with Crippen LogP contribution in [0.4, 0.5) is 11.4 Å². The zero-order chi connectivity index (χ0) is 34.6. The van der Waals surface area contributed by atoms with Crippen molar-refractivity contribution in [3.05, 3.63) is 155 Å². The number of hydrogen-bond donors (Lipinski definition) is 2. The van der Waals surface area contributed by atoms with Crippen LogP contribution in [0.1, 0.15) is 84.5 Å². The standard InChI is InChI=1S/C42H44N2O4/c1-7-43(35-21-13-31(14-22-35)41(3,4)33-17-25-37(45)26-18-33)39(47)29-9-11-30(12-10-29)40(48)44(8-2)36-23-15-32(16-24-36)42(5,6)34-19-27-38(46)28-20-34/h9-28,45-46H,7-8H2,1-6H3. The molecule has 246 valence electrons. The Morgan fingerprint density at radius 3 is 0.958 bits per heavy atom. The number of nitrogens with zero attached hydrogens (tertiary/aromatic N) is 2. The lowest BCUT2D eigenvalue weighted by atomic mass is 9.78. The molecule has 6 heteroatoms. The maximum atomic E-state index is 13.6. The van der Waals surface area contributed by atoms with Gasteiger partial charge in [0.15, 0.2) is 0 Å². The zero-order valence-corrected chi connectivity index (χ0v) is 28.6. The lowest BCUT2D eigenvalue weighted by Gasteiger charge is -2.28. The van der Waals surface area contributed by atoms with Gasteiger partial charge in [0, 0.05) is 46.4 Å². The lowest BCUT2D eigenvalue weighted by molar-refractivity contribution is 0.0977. The zero-order valence-electron chi connectivity index (χ0n) is 28.6. The molecular formula is C42H44N2O4. The first-order valence-corrected chi connectivity index (χ1v) is 16.4. The van der Waals surface area contributed by atoms with E-state index in [4.69, 9.17) is 0 Å². The van der Waals surface area contributed by atoms with Crippen LogP contribution in [0.15, 0.2) is 121 Å². The highest BCUT2D eigenvalue weighted by atomic mass is 16.3. The molecule has 0 fully saturated rings. The van der Waals surface area contributed by atoms with Crippen molar-refractivity contribution in [3.8, 4) is 11.5 Å². The van der Waals surface area contributed by atoms with Gasteiger partial charge in [0.25, 0.3) is 11.8 Å². The van der Waals surface area contributed by atoms with Gasteiger partial charge in [-0.1, -0.05) is 76.2 Å². The van der Waals surface area contributed by atoms with Crippen molar-refractivity contribution in [2.24, 2.45) is 0 Å². The van der Waals surface area contributed by atoms with Gasteiger partial charge in [-0.3, -0.25) is 9.59 Å². The summed E-state index contributed by atoms with van der Waals surface area (Å²) in [5, 5.41) is 19.4. The summed E-state index contributed by atoms with van der Waals surface area (Å²) in [6, 6.07) is 37.4. The van der Waals surface area contributed by atoms with Crippen molar-refractivity contribution in [3.63, 3.8) is 0 Å². The van der Waals surface area contributed by atoms with Gasteiger partial charge in [-0.05, 0) is 109 Å². The van der Waals surface area contributed by atoms with Crippen molar-refractivity contribution in [1.82, 2.24) is 0 Å². The van der Waals surface area contributed by atoms with E-state index in [9.17, 15) is 19.8 Å². The molecule has 0 aliphatic heterocycles. The molecule has 5 aromatic carbocycles. The SMILES string of the molecule is CCN(C(=O)c1ccc(C(=O)N(CC)c2ccc(C(C)(C)c3ccc(O)cc3)cc2)cc1)c1ccc(C(C)(C)c2ccc(O)cc2)cc1. The Morgan fingerprint density at radius 2 is 0.708 bits per heavy atom. The summed E-state index contributed by atoms with van der Waals surface area (Å²) >= 11 is 0. The maximum Gasteiger partial charge on any atom is 0.258 e. The Morgan fingerprint density at radius 1 is 0.458 bits per heavy atom. The van der Waals surface area contributed by atoms with Gasteiger partial charge in [0.05, 0.1) is 0 Å². The summed E-state index contributed by atoms with van der Waals surface area (Å²) in [6.45, 7) is 13.4. The van der Waals surface area contributed by atoms with Crippen molar-refractivity contribution in [2.75, 3.05) is 22.9 Å². The minimum absolute atomic E-state index is 0.138. The molecule has 0 radical (unpaired) electrons. The van der Waals surface area contributed by atoms with E-state index in [1.165, 1.54) is 0 Å². The highest BCUT2D eigenvalue weighted by Gasteiger charge is 2.26. The topological polar surface area (TPSA) is 81.1 Å². The fourth-order valence-electron chi connectivity index (χ4n) is 6.16. The summed E-state index contributed by atoms with van der Waals surface area (Å²) < 4.78 is 0. The van der Waals surface area contributed by atoms with Gasteiger partial charge in [0.2, 0.25) is 0 Å². The Hall–Kier alpha value is -5.36. The third kappa shape index (κ3) is 6.84. The molecule has 0 heterocycles. The van der Waals surface area contributed by atoms with E-state index in [0.29, 0.717) is 24.2 Å². The van der Waals surface area contributed by atoms with Crippen LogP contribution >= 0.6 is 0 Å². The average Bonchev–Trinajstić information content (AvgIpc) is 3.10. The fourth-order valence-corrected chi connectivity index (χ4v) is 6.16. The number of hydrogen-bond acceptors (Lipinski definition) is 4. The third-order valence-electron chi connectivity index (χ3n) is 9.48. The molecular weight excluding hydrogens is 596 g/mol. The van der Waals surface area contributed by atoms with E-state index < -0.39 is 0 Å². The maximum absolute atomic E-state index is 13.6. The van der Waals surface area contributed by atoms with E-state index in [-0.39, 0.29) is 34.1 Å². The van der Waals surface area contributed by atoms with Crippen LogP contribution in [0.25, 0.3) is 0 Å². The Kier molecular flexibility index (Phi) is 9.76. The summed E-state index contributed by atoms with van der Waals surface area (Å²) in [5.74, 6) is 0.196. The minimum Gasteiger partial charge on any atom is -0.508 e. The molecule has 0 unspecified atom stereocenters. The van der Waals surface area contributed by atoms with E-state index in [1.807, 2.05) is 86.6 Å². The number of amides is 2. The minimum atomic E-state index is -0.283. The van der Waals surface area contributed by atoms with Crippen LogP contribution in [0.3, 0.4) is 0 Å². The molecule has 0 atom stereocenters. The van der Waals surface area contributed by atoms with E-state index in [2.05, 4.69) is 27.7 Å². The quantitative estimate of drug-likeness (QED) is 0.160. The number of aromatic hydroxyl groups is 2. The van der Waals surface area contributed by atoms with Crippen LogP contribution in [-0.4, -0.2) is 35.1 Å². The number of benzene rings is 5. The van der Waals surface area contributed by atoms with Gasteiger partial charge >= 0.3 is 0 Å². The van der Waals surface area contributed by atoms with Crippen LogP contribution in [0.2, 0.25) is 0 Å². The molecule has 0 bridgehead atoms. The van der Waals surface area contributed by atoms with Crippen molar-refractivity contribution in [1.29, 1.82) is 0 Å². The van der Waals surface area contributed by atoms with E-state index in [1.54, 1.807) is 58.3 Å². The smallest absolute Gasteiger partial charge is 0.258 e. The summed E-state index contributed by atoms with van der Waals surface area (Å²) in [6.07, 6.45) is 0. The summed E-state index contributed by atoms with van der Waals surface area (Å²) in [7, 11) is 0. The Bertz CT molecular complexity index is 1720. The Labute approximate surface area is 283 Å². The number of carbonyl (C=O) groups is 2. The van der Waals surface area contributed by atoms with E-state index in [0.717, 1.165) is 33.6 Å². The van der Waals surface area contributed by atoms with Crippen molar-refractivity contribution < 1.29 is 19.8 Å². The molecule has 0 aliphatic rings. The summed E-state index contributed by atoms with van der Waals surface area (Å²) in [5.41, 5.74) is 6.39. The lowest BCUT2D eigenvalue weighted by Crippen LogP contribution is -2.32. The van der Waals surface area contributed by atoms with Crippen LogP contribution in [-0.2, 0) is 10.8 Å². The highest BCUT2D eigenvalue weighted by molar-refractivity contribution is 6.09. The molecule has 48 heavy (non-hydrogen) atoms. The first-order chi connectivity index (χ1) is 22.9. The number of anilines is 2.